The highest BCUT2D eigenvalue weighted by atomic mass is 16.4. The van der Waals surface area contributed by atoms with Crippen LogP contribution in [-0.4, -0.2) is 28.3 Å². The second kappa shape index (κ2) is 4.36. The van der Waals surface area contributed by atoms with Crippen LogP contribution in [0.2, 0.25) is 0 Å². The van der Waals surface area contributed by atoms with E-state index >= 15 is 0 Å². The number of allylic oxidation sites excluding steroid dienone is 2. The summed E-state index contributed by atoms with van der Waals surface area (Å²) in [5, 5.41) is 12.1. The molecule has 0 aromatic rings. The molecule has 2 saturated carbocycles. The van der Waals surface area contributed by atoms with Gasteiger partial charge in [0.15, 0.2) is 5.78 Å². The average Bonchev–Trinajstić information content (AvgIpc) is 2.77. The molecule has 3 rings (SSSR count). The minimum atomic E-state index is -0.799. The molecule has 1 N–H and O–H groups in total. The summed E-state index contributed by atoms with van der Waals surface area (Å²) in [5.41, 5.74) is -0.870. The molecule has 0 aromatic carbocycles. The molecule has 3 aliphatic rings. The number of rotatable bonds is 2. The summed E-state index contributed by atoms with van der Waals surface area (Å²) in [6.45, 7) is 4.16. The van der Waals surface area contributed by atoms with Gasteiger partial charge in [0, 0.05) is 11.8 Å². The molecule has 5 nitrogen and oxygen atoms in total. The van der Waals surface area contributed by atoms with Gasteiger partial charge in [-0.25, -0.2) is 0 Å². The lowest BCUT2D eigenvalue weighted by Crippen LogP contribution is -2.43. The summed E-state index contributed by atoms with van der Waals surface area (Å²) >= 11 is 0. The van der Waals surface area contributed by atoms with Gasteiger partial charge in [-0.2, -0.15) is 0 Å². The lowest BCUT2D eigenvalue weighted by atomic mass is 9.63. The summed E-state index contributed by atoms with van der Waals surface area (Å²) in [5.74, 6) is -0.958. The Morgan fingerprint density at radius 3 is 2.52 bits per heavy atom. The van der Waals surface area contributed by atoms with Crippen LogP contribution in [0.4, 0.5) is 0 Å². The molecule has 21 heavy (non-hydrogen) atoms. The molecule has 0 radical (unpaired) electrons. The van der Waals surface area contributed by atoms with Crippen LogP contribution >= 0.6 is 0 Å². The van der Waals surface area contributed by atoms with E-state index in [1.54, 1.807) is 0 Å². The molecule has 0 aliphatic heterocycles. The molecular weight excluding hydrogens is 270 g/mol. The molecular formula is C16H19NO4. The fraction of sp³-hybridized carbons (Fsp3) is 0.625. The topological polar surface area (TPSA) is 83.8 Å². The molecule has 0 heterocycles. The highest BCUT2D eigenvalue weighted by molar-refractivity contribution is 6.50. The van der Waals surface area contributed by atoms with Crippen molar-refractivity contribution in [3.05, 3.63) is 12.2 Å². The lowest BCUT2D eigenvalue weighted by molar-refractivity contribution is -0.131. The normalized spacial score (nSPS) is 39.5. The monoisotopic (exact) mass is 289 g/mol. The molecule has 0 saturated heterocycles. The lowest BCUT2D eigenvalue weighted by Gasteiger charge is -2.39. The van der Waals surface area contributed by atoms with Gasteiger partial charge in [-0.15, -0.1) is 0 Å². The van der Waals surface area contributed by atoms with Gasteiger partial charge in [-0.1, -0.05) is 19.0 Å². The molecule has 0 amide bonds. The minimum Gasteiger partial charge on any atom is -0.411 e. The third kappa shape index (κ3) is 1.69. The van der Waals surface area contributed by atoms with Gasteiger partial charge < -0.3 is 5.21 Å². The van der Waals surface area contributed by atoms with Crippen molar-refractivity contribution in [3.8, 4) is 0 Å². The number of fused-ring (bicyclic) bond motifs is 2. The zero-order valence-corrected chi connectivity index (χ0v) is 12.3. The molecule has 3 aliphatic carbocycles. The van der Waals surface area contributed by atoms with Crippen molar-refractivity contribution < 1.29 is 19.6 Å². The maximum absolute atomic E-state index is 12.5. The quantitative estimate of drug-likeness (QED) is 0.622. The van der Waals surface area contributed by atoms with Gasteiger partial charge in [0.2, 0.25) is 5.78 Å². The molecule has 0 spiro atoms. The standard InChI is InChI=1S/C16H19NO4/c1-15(2)9-5-6-16(15,13(20)7-9)8-10-11(18)3-4-12(19)14(10)17-21/h3-4,9-10,21H,5-8H2,1-2H3. The number of carbonyl (C=O) groups is 3. The fourth-order valence-corrected chi connectivity index (χ4v) is 4.58. The third-order valence-electron chi connectivity index (χ3n) is 6.12. The van der Waals surface area contributed by atoms with Crippen LogP contribution in [0.3, 0.4) is 0 Å². The predicted octanol–water partition coefficient (Wildman–Crippen LogP) is 1.93. The number of hydrogen-bond acceptors (Lipinski definition) is 5. The van der Waals surface area contributed by atoms with Crippen LogP contribution < -0.4 is 0 Å². The molecule has 3 unspecified atom stereocenters. The molecule has 112 valence electrons. The number of nitrogens with zero attached hydrogens (tertiary/aromatic N) is 1. The first-order valence-corrected chi connectivity index (χ1v) is 7.35. The highest BCUT2D eigenvalue weighted by Gasteiger charge is 2.64. The Morgan fingerprint density at radius 1 is 1.29 bits per heavy atom. The van der Waals surface area contributed by atoms with E-state index in [9.17, 15) is 14.4 Å². The fourth-order valence-electron chi connectivity index (χ4n) is 4.58. The van der Waals surface area contributed by atoms with Crippen LogP contribution in [0.1, 0.15) is 39.5 Å². The second-order valence-electron chi connectivity index (χ2n) is 7.01. The van der Waals surface area contributed by atoms with Gasteiger partial charge in [0.25, 0.3) is 0 Å². The largest absolute Gasteiger partial charge is 0.411 e. The first-order chi connectivity index (χ1) is 9.83. The Labute approximate surface area is 123 Å². The van der Waals surface area contributed by atoms with Crippen LogP contribution in [0, 0.1) is 22.7 Å². The van der Waals surface area contributed by atoms with Crippen molar-refractivity contribution in [3.63, 3.8) is 0 Å². The number of carbonyl (C=O) groups excluding carboxylic acids is 3. The van der Waals surface area contributed by atoms with Gasteiger partial charge in [-0.05, 0) is 42.7 Å². The van der Waals surface area contributed by atoms with Crippen LogP contribution in [0.25, 0.3) is 0 Å². The summed E-state index contributed by atoms with van der Waals surface area (Å²) in [6.07, 6.45) is 4.94. The van der Waals surface area contributed by atoms with E-state index in [2.05, 4.69) is 19.0 Å². The molecule has 0 aromatic heterocycles. The molecule has 5 heteroatoms. The number of hydrogen-bond donors (Lipinski definition) is 1. The summed E-state index contributed by atoms with van der Waals surface area (Å²) in [6, 6.07) is 0. The zero-order valence-electron chi connectivity index (χ0n) is 12.3. The molecule has 3 atom stereocenters. The van der Waals surface area contributed by atoms with E-state index in [4.69, 9.17) is 5.21 Å². The van der Waals surface area contributed by atoms with E-state index in [0.717, 1.165) is 18.9 Å². The summed E-state index contributed by atoms with van der Waals surface area (Å²) < 4.78 is 0. The predicted molar refractivity (Wildman–Crippen MR) is 75.0 cm³/mol. The van der Waals surface area contributed by atoms with Crippen molar-refractivity contribution in [2.75, 3.05) is 0 Å². The van der Waals surface area contributed by atoms with E-state index in [-0.39, 0.29) is 29.1 Å². The third-order valence-corrected chi connectivity index (χ3v) is 6.12. The SMILES string of the molecule is CC1(C)C2CCC1(CC1C(=O)C=CC(=O)C1=NO)C(=O)C2. The summed E-state index contributed by atoms with van der Waals surface area (Å²) in [7, 11) is 0. The van der Waals surface area contributed by atoms with E-state index < -0.39 is 17.1 Å². The minimum absolute atomic E-state index is 0.129. The van der Waals surface area contributed by atoms with Crippen molar-refractivity contribution in [1.82, 2.24) is 0 Å². The maximum Gasteiger partial charge on any atom is 0.204 e. The van der Waals surface area contributed by atoms with Gasteiger partial charge in [0.05, 0.1) is 5.92 Å². The van der Waals surface area contributed by atoms with Crippen LogP contribution in [0.5, 0.6) is 0 Å². The van der Waals surface area contributed by atoms with Crippen molar-refractivity contribution in [2.24, 2.45) is 27.8 Å². The van der Waals surface area contributed by atoms with Gasteiger partial charge in [-0.3, -0.25) is 14.4 Å². The number of Topliss-reactive ketones (excluding diaryl/α,β-unsaturated/α-hetero) is 1. The Bertz CT molecular complexity index is 601. The first-order valence-electron chi connectivity index (χ1n) is 7.35. The smallest absolute Gasteiger partial charge is 0.204 e. The Balaban J connectivity index is 1.99. The van der Waals surface area contributed by atoms with Gasteiger partial charge in [0.1, 0.15) is 11.5 Å². The van der Waals surface area contributed by atoms with Crippen LogP contribution in [0.15, 0.2) is 17.3 Å². The van der Waals surface area contributed by atoms with E-state index in [0.29, 0.717) is 12.3 Å². The van der Waals surface area contributed by atoms with Crippen molar-refractivity contribution >= 4 is 23.1 Å². The van der Waals surface area contributed by atoms with E-state index in [1.807, 2.05) is 0 Å². The maximum atomic E-state index is 12.5. The second-order valence-corrected chi connectivity index (χ2v) is 7.01. The Hall–Kier alpha value is -1.78. The number of ketones is 3. The number of oxime groups is 1. The molecule has 2 fully saturated rings. The first kappa shape index (κ1) is 14.2. The Kier molecular flexibility index (Phi) is 2.94. The average molecular weight is 289 g/mol. The molecule has 2 bridgehead atoms. The summed E-state index contributed by atoms with van der Waals surface area (Å²) in [4.78, 5) is 36.4. The zero-order chi connectivity index (χ0) is 15.4. The van der Waals surface area contributed by atoms with Gasteiger partial charge >= 0.3 is 0 Å². The van der Waals surface area contributed by atoms with Crippen LogP contribution in [-0.2, 0) is 14.4 Å². The Morgan fingerprint density at radius 2 is 2.00 bits per heavy atom. The van der Waals surface area contributed by atoms with E-state index in [1.165, 1.54) is 6.08 Å². The highest BCUT2D eigenvalue weighted by Crippen LogP contribution is 2.66. The van der Waals surface area contributed by atoms with Crippen molar-refractivity contribution in [1.29, 1.82) is 0 Å². The van der Waals surface area contributed by atoms with Crippen molar-refractivity contribution in [2.45, 2.75) is 39.5 Å².